The van der Waals surface area contributed by atoms with Crippen LogP contribution >= 0.6 is 11.3 Å². The SMILES string of the molecule is C[Si](C)(C)c1ccc(N(c2ccc([Si](C)(C)C)cc2)c2ccc(-c3ccnc(-c4cc(C(=O)O)cc(-c5cc(C(=O)O)ccn5)n4)c3)s2)cc1. The molecule has 0 unspecified atom stereocenters. The molecule has 0 fully saturated rings. The monoisotopic (exact) mass is 714 g/mol. The number of carboxylic acids is 2. The minimum Gasteiger partial charge on any atom is -0.478 e. The van der Waals surface area contributed by atoms with Crippen molar-refractivity contribution >= 4 is 66.2 Å². The average Bonchev–Trinajstić information content (AvgIpc) is 3.58. The molecule has 4 heterocycles. The van der Waals surface area contributed by atoms with Crippen molar-refractivity contribution in [2.24, 2.45) is 0 Å². The number of nitrogens with zero attached hydrogens (tertiary/aromatic N) is 4. The molecule has 0 amide bonds. The van der Waals surface area contributed by atoms with Gasteiger partial charge in [0.15, 0.2) is 0 Å². The second-order valence-electron chi connectivity index (χ2n) is 14.2. The van der Waals surface area contributed by atoms with Crippen LogP contribution in [0.4, 0.5) is 16.4 Å². The highest BCUT2D eigenvalue weighted by atomic mass is 32.1. The van der Waals surface area contributed by atoms with E-state index in [9.17, 15) is 19.8 Å². The lowest BCUT2D eigenvalue weighted by Crippen LogP contribution is -2.37. The summed E-state index contributed by atoms with van der Waals surface area (Å²) in [7, 11) is -2.95. The number of benzene rings is 2. The van der Waals surface area contributed by atoms with Gasteiger partial charge in [-0.2, -0.15) is 0 Å². The van der Waals surface area contributed by atoms with E-state index in [0.29, 0.717) is 11.4 Å². The number of hydrogen-bond acceptors (Lipinski definition) is 7. The van der Waals surface area contributed by atoms with Crippen LogP contribution < -0.4 is 15.3 Å². The van der Waals surface area contributed by atoms with Crippen LogP contribution in [0.5, 0.6) is 0 Å². The third kappa shape index (κ3) is 7.49. The molecule has 8 nitrogen and oxygen atoms in total. The van der Waals surface area contributed by atoms with E-state index in [1.54, 1.807) is 17.5 Å². The van der Waals surface area contributed by atoms with Gasteiger partial charge in [-0.25, -0.2) is 14.6 Å². The summed E-state index contributed by atoms with van der Waals surface area (Å²) in [6.45, 7) is 14.1. The van der Waals surface area contributed by atoms with Crippen molar-refractivity contribution < 1.29 is 19.8 Å². The van der Waals surface area contributed by atoms with E-state index in [-0.39, 0.29) is 22.5 Å². The number of anilines is 3. The van der Waals surface area contributed by atoms with Gasteiger partial charge in [0.05, 0.1) is 50.1 Å². The van der Waals surface area contributed by atoms with Gasteiger partial charge in [0.2, 0.25) is 0 Å². The van der Waals surface area contributed by atoms with Gasteiger partial charge in [-0.1, -0.05) is 73.9 Å². The second-order valence-corrected chi connectivity index (χ2v) is 25.4. The van der Waals surface area contributed by atoms with Gasteiger partial charge in [0.25, 0.3) is 0 Å². The molecule has 4 aromatic heterocycles. The number of aromatic nitrogens is 3. The summed E-state index contributed by atoms with van der Waals surface area (Å²) in [6, 6.07) is 31.5. The number of thiophene rings is 1. The third-order valence-electron chi connectivity index (χ3n) is 8.44. The van der Waals surface area contributed by atoms with Crippen molar-refractivity contribution in [1.29, 1.82) is 0 Å². The lowest BCUT2D eigenvalue weighted by molar-refractivity contribution is 0.0686. The molecule has 0 bridgehead atoms. The van der Waals surface area contributed by atoms with Crippen LogP contribution in [-0.2, 0) is 0 Å². The first kappa shape index (κ1) is 34.6. The molecule has 50 heavy (non-hydrogen) atoms. The largest absolute Gasteiger partial charge is 0.478 e. The highest BCUT2D eigenvalue weighted by Crippen LogP contribution is 2.42. The molecule has 0 aliphatic carbocycles. The van der Waals surface area contributed by atoms with E-state index in [4.69, 9.17) is 0 Å². The van der Waals surface area contributed by atoms with E-state index in [1.807, 2.05) is 12.1 Å². The molecule has 11 heteroatoms. The molecule has 0 atom stereocenters. The van der Waals surface area contributed by atoms with E-state index < -0.39 is 28.1 Å². The van der Waals surface area contributed by atoms with Crippen LogP contribution in [0.2, 0.25) is 39.3 Å². The molecular formula is C39H38N4O4SSi2. The highest BCUT2D eigenvalue weighted by molar-refractivity contribution is 7.19. The summed E-state index contributed by atoms with van der Waals surface area (Å²) in [6.07, 6.45) is 3.05. The number of pyridine rings is 3. The van der Waals surface area contributed by atoms with Gasteiger partial charge in [-0.05, 0) is 78.4 Å². The maximum absolute atomic E-state index is 12.1. The van der Waals surface area contributed by atoms with Crippen LogP contribution in [0, 0.1) is 0 Å². The van der Waals surface area contributed by atoms with Gasteiger partial charge in [0.1, 0.15) is 5.00 Å². The minimum absolute atomic E-state index is 0.00549. The third-order valence-corrected chi connectivity index (χ3v) is 13.7. The predicted molar refractivity (Wildman–Crippen MR) is 209 cm³/mol. The van der Waals surface area contributed by atoms with Gasteiger partial charge in [-0.15, -0.1) is 11.3 Å². The molecule has 0 saturated carbocycles. The fourth-order valence-corrected chi connectivity index (χ4v) is 8.95. The molecule has 6 rings (SSSR count). The van der Waals surface area contributed by atoms with Crippen molar-refractivity contribution in [2.75, 3.05) is 4.90 Å². The quantitative estimate of drug-likeness (QED) is 0.135. The first-order valence-corrected chi connectivity index (χ1v) is 24.0. The highest BCUT2D eigenvalue weighted by Gasteiger charge is 2.22. The molecule has 6 aromatic rings. The zero-order valence-electron chi connectivity index (χ0n) is 28.8. The smallest absolute Gasteiger partial charge is 0.335 e. The molecule has 252 valence electrons. The summed E-state index contributed by atoms with van der Waals surface area (Å²) >= 11 is 1.65. The van der Waals surface area contributed by atoms with Gasteiger partial charge in [0, 0.05) is 28.6 Å². The fraction of sp³-hybridized carbons (Fsp3) is 0.154. The number of rotatable bonds is 10. The lowest BCUT2D eigenvalue weighted by Gasteiger charge is -2.26. The molecule has 0 radical (unpaired) electrons. The van der Waals surface area contributed by atoms with E-state index in [1.165, 1.54) is 40.8 Å². The van der Waals surface area contributed by atoms with Crippen molar-refractivity contribution in [3.05, 3.63) is 121 Å². The van der Waals surface area contributed by atoms with Crippen molar-refractivity contribution in [1.82, 2.24) is 15.0 Å². The molecule has 2 N–H and O–H groups in total. The normalized spacial score (nSPS) is 11.7. The van der Waals surface area contributed by atoms with Crippen LogP contribution in [-0.4, -0.2) is 53.3 Å². The fourth-order valence-electron chi connectivity index (χ4n) is 5.57. The molecule has 0 spiro atoms. The van der Waals surface area contributed by atoms with E-state index in [2.05, 4.69) is 120 Å². The molecule has 2 aromatic carbocycles. The summed E-state index contributed by atoms with van der Waals surface area (Å²) in [5, 5.41) is 23.2. The van der Waals surface area contributed by atoms with Crippen LogP contribution in [0.3, 0.4) is 0 Å². The second kappa shape index (κ2) is 13.6. The maximum atomic E-state index is 12.1. The van der Waals surface area contributed by atoms with Crippen molar-refractivity contribution in [2.45, 2.75) is 39.3 Å². The minimum atomic E-state index is -1.47. The average molecular weight is 715 g/mol. The first-order valence-electron chi connectivity index (χ1n) is 16.2. The molecule has 0 saturated heterocycles. The summed E-state index contributed by atoms with van der Waals surface area (Å²) < 4.78 is 0. The Morgan fingerprint density at radius 2 is 1.06 bits per heavy atom. The van der Waals surface area contributed by atoms with E-state index in [0.717, 1.165) is 26.8 Å². The van der Waals surface area contributed by atoms with Crippen LogP contribution in [0.1, 0.15) is 20.7 Å². The molecular weight excluding hydrogens is 677 g/mol. The number of aromatic carboxylic acids is 2. The summed E-state index contributed by atoms with van der Waals surface area (Å²) in [4.78, 5) is 40.4. The van der Waals surface area contributed by atoms with Crippen molar-refractivity contribution in [3.8, 4) is 33.2 Å². The Bertz CT molecular complexity index is 2150. The van der Waals surface area contributed by atoms with Crippen LogP contribution in [0.25, 0.3) is 33.2 Å². The van der Waals surface area contributed by atoms with E-state index >= 15 is 0 Å². The number of hydrogen-bond donors (Lipinski definition) is 2. The Hall–Kier alpha value is -5.24. The predicted octanol–water partition coefficient (Wildman–Crippen LogP) is 8.89. The zero-order chi connectivity index (χ0) is 35.8. The molecule has 0 aliphatic rings. The van der Waals surface area contributed by atoms with Gasteiger partial charge in [-0.3, -0.25) is 9.97 Å². The Balaban J connectivity index is 1.39. The number of carbonyl (C=O) groups is 2. The Morgan fingerprint density at radius 1 is 0.580 bits per heavy atom. The van der Waals surface area contributed by atoms with Gasteiger partial charge < -0.3 is 15.1 Å². The Kier molecular flexibility index (Phi) is 9.40. The van der Waals surface area contributed by atoms with Gasteiger partial charge >= 0.3 is 11.9 Å². The standard InChI is InChI=1S/C39H38N4O4SSi2/c1-49(2,3)30-11-7-28(8-12-30)43(29-9-13-31(14-10-29)50(4,5)6)37-16-15-36(48-37)25-17-19-40-32(21-25)34-23-27(39(46)47)24-35(42-34)33-22-26(38(44)45)18-20-41-33/h7-24H,1-6H3,(H,44,45)(H,46,47). The lowest BCUT2D eigenvalue weighted by atomic mass is 10.1. The summed E-state index contributed by atoms with van der Waals surface area (Å²) in [5.74, 6) is -2.25. The Labute approximate surface area is 297 Å². The topological polar surface area (TPSA) is 117 Å². The summed E-state index contributed by atoms with van der Waals surface area (Å²) in [5.41, 5.74) is 4.41. The zero-order valence-corrected chi connectivity index (χ0v) is 31.6. The first-order chi connectivity index (χ1) is 23.7. The Morgan fingerprint density at radius 3 is 1.56 bits per heavy atom. The number of carboxylic acid groups (broad SMARTS) is 2. The van der Waals surface area contributed by atoms with Crippen molar-refractivity contribution in [3.63, 3.8) is 0 Å². The molecule has 0 aliphatic heterocycles. The van der Waals surface area contributed by atoms with Crippen LogP contribution in [0.15, 0.2) is 109 Å². The maximum Gasteiger partial charge on any atom is 0.335 e.